The summed E-state index contributed by atoms with van der Waals surface area (Å²) in [4.78, 5) is 4.05. The van der Waals surface area contributed by atoms with Gasteiger partial charge in [-0.1, -0.05) is 18.2 Å². The molecule has 0 aliphatic rings. The van der Waals surface area contributed by atoms with E-state index in [1.54, 1.807) is 32.4 Å². The number of alkyl halides is 2. The van der Waals surface area contributed by atoms with Gasteiger partial charge in [0.15, 0.2) is 5.96 Å². The predicted molar refractivity (Wildman–Crippen MR) is 99.4 cm³/mol. The number of nitrogens with one attached hydrogen (secondary N) is 2. The van der Waals surface area contributed by atoms with Crippen molar-refractivity contribution in [1.82, 2.24) is 10.6 Å². The van der Waals surface area contributed by atoms with E-state index in [-0.39, 0.29) is 29.7 Å². The summed E-state index contributed by atoms with van der Waals surface area (Å²) in [5, 5.41) is 6.10. The summed E-state index contributed by atoms with van der Waals surface area (Å²) in [5.74, 6) is 0.695. The summed E-state index contributed by atoms with van der Waals surface area (Å²) in [6.07, 6.45) is 0. The number of guanidine groups is 1. The molecule has 0 bridgehead atoms. The number of halogens is 3. The third-order valence-corrected chi connectivity index (χ3v) is 2.83. The molecule has 2 N–H and O–H groups in total. The van der Waals surface area contributed by atoms with Crippen LogP contribution in [-0.4, -0.2) is 53.1 Å². The maximum Gasteiger partial charge on any atom is 0.387 e. The lowest BCUT2D eigenvalue weighted by molar-refractivity contribution is -0.0504. The molecule has 1 aromatic carbocycles. The van der Waals surface area contributed by atoms with Crippen LogP contribution in [0.25, 0.3) is 0 Å². The van der Waals surface area contributed by atoms with Crippen LogP contribution in [-0.2, 0) is 16.0 Å². The lowest BCUT2D eigenvalue weighted by Gasteiger charge is -2.14. The number of methoxy groups -OCH3 is 1. The Hall–Kier alpha value is -1.20. The minimum absolute atomic E-state index is 0. The largest absolute Gasteiger partial charge is 0.434 e. The molecule has 0 unspecified atom stereocenters. The molecule has 0 saturated heterocycles. The standard InChI is InChI=1S/C15H23F2N3O3.HI/c1-18-15(19-7-8-22-10-9-21-2)20-11-12-5-3-4-6-13(12)23-14(16)17;/h3-6,14H,7-11H2,1-2H3,(H2,18,19,20);1H. The Bertz CT molecular complexity index is 479. The minimum Gasteiger partial charge on any atom is -0.434 e. The van der Waals surface area contributed by atoms with E-state index in [9.17, 15) is 8.78 Å². The van der Waals surface area contributed by atoms with Crippen LogP contribution in [0.1, 0.15) is 5.56 Å². The highest BCUT2D eigenvalue weighted by Crippen LogP contribution is 2.19. The molecule has 0 atom stereocenters. The van der Waals surface area contributed by atoms with Gasteiger partial charge in [0.25, 0.3) is 0 Å². The molecule has 0 aliphatic carbocycles. The Morgan fingerprint density at radius 1 is 1.17 bits per heavy atom. The Labute approximate surface area is 158 Å². The molecule has 0 aromatic heterocycles. The van der Waals surface area contributed by atoms with Gasteiger partial charge in [0.1, 0.15) is 5.75 Å². The average molecular weight is 459 g/mol. The minimum atomic E-state index is -2.85. The Kier molecular flexibility index (Phi) is 13.5. The van der Waals surface area contributed by atoms with Crippen LogP contribution in [0.2, 0.25) is 0 Å². The van der Waals surface area contributed by atoms with Gasteiger partial charge in [-0.2, -0.15) is 8.78 Å². The fraction of sp³-hybridized carbons (Fsp3) is 0.533. The van der Waals surface area contributed by atoms with E-state index in [4.69, 9.17) is 9.47 Å². The highest BCUT2D eigenvalue weighted by atomic mass is 127. The summed E-state index contributed by atoms with van der Waals surface area (Å²) in [6.45, 7) is -0.380. The van der Waals surface area contributed by atoms with Crippen LogP contribution in [0.4, 0.5) is 8.78 Å². The first-order chi connectivity index (χ1) is 11.2. The Morgan fingerprint density at radius 3 is 2.58 bits per heavy atom. The van der Waals surface area contributed by atoms with Crippen molar-refractivity contribution >= 4 is 29.9 Å². The molecule has 9 heteroatoms. The second kappa shape index (κ2) is 14.2. The molecular weight excluding hydrogens is 435 g/mol. The summed E-state index contributed by atoms with van der Waals surface area (Å²) in [5.41, 5.74) is 0.618. The number of para-hydroxylation sites is 1. The molecule has 1 rings (SSSR count). The van der Waals surface area contributed by atoms with Crippen molar-refractivity contribution in [3.8, 4) is 5.75 Å². The highest BCUT2D eigenvalue weighted by molar-refractivity contribution is 14.0. The third kappa shape index (κ3) is 9.83. The average Bonchev–Trinajstić information content (AvgIpc) is 2.54. The van der Waals surface area contributed by atoms with E-state index in [0.717, 1.165) is 0 Å². The second-order valence-electron chi connectivity index (χ2n) is 4.44. The zero-order valence-corrected chi connectivity index (χ0v) is 16.1. The number of rotatable bonds is 10. The van der Waals surface area contributed by atoms with E-state index in [0.29, 0.717) is 44.4 Å². The molecule has 0 aliphatic heterocycles. The molecular formula is C15H24F2IN3O3. The van der Waals surface area contributed by atoms with E-state index in [2.05, 4.69) is 20.4 Å². The third-order valence-electron chi connectivity index (χ3n) is 2.83. The van der Waals surface area contributed by atoms with Crippen molar-refractivity contribution in [2.24, 2.45) is 4.99 Å². The number of benzene rings is 1. The monoisotopic (exact) mass is 459 g/mol. The molecule has 138 valence electrons. The zero-order valence-electron chi connectivity index (χ0n) is 13.8. The molecule has 0 radical (unpaired) electrons. The van der Waals surface area contributed by atoms with Crippen LogP contribution in [0.15, 0.2) is 29.3 Å². The fourth-order valence-corrected chi connectivity index (χ4v) is 1.75. The summed E-state index contributed by atoms with van der Waals surface area (Å²) in [7, 11) is 3.24. The van der Waals surface area contributed by atoms with Crippen molar-refractivity contribution in [3.63, 3.8) is 0 Å². The summed E-state index contributed by atoms with van der Waals surface area (Å²) < 4.78 is 39.4. The van der Waals surface area contributed by atoms with Crippen molar-refractivity contribution in [2.45, 2.75) is 13.2 Å². The molecule has 0 saturated carbocycles. The Morgan fingerprint density at radius 2 is 1.92 bits per heavy atom. The van der Waals surface area contributed by atoms with E-state index < -0.39 is 6.61 Å². The number of nitrogens with zero attached hydrogens (tertiary/aromatic N) is 1. The summed E-state index contributed by atoms with van der Waals surface area (Å²) >= 11 is 0. The first-order valence-corrected chi connectivity index (χ1v) is 7.21. The Balaban J connectivity index is 0.00000529. The molecule has 1 aromatic rings. The van der Waals surface area contributed by atoms with Crippen molar-refractivity contribution < 1.29 is 23.0 Å². The van der Waals surface area contributed by atoms with Crippen LogP contribution in [0, 0.1) is 0 Å². The number of hydrogen-bond donors (Lipinski definition) is 2. The second-order valence-corrected chi connectivity index (χ2v) is 4.44. The van der Waals surface area contributed by atoms with Gasteiger partial charge in [-0.3, -0.25) is 4.99 Å². The topological polar surface area (TPSA) is 64.1 Å². The molecule has 0 spiro atoms. The van der Waals surface area contributed by atoms with E-state index >= 15 is 0 Å². The fourth-order valence-electron chi connectivity index (χ4n) is 1.75. The van der Waals surface area contributed by atoms with Crippen LogP contribution >= 0.6 is 24.0 Å². The lowest BCUT2D eigenvalue weighted by Crippen LogP contribution is -2.38. The smallest absolute Gasteiger partial charge is 0.387 e. The van der Waals surface area contributed by atoms with Gasteiger partial charge >= 0.3 is 6.61 Å². The van der Waals surface area contributed by atoms with Gasteiger partial charge in [-0.05, 0) is 6.07 Å². The maximum atomic E-state index is 12.4. The quantitative estimate of drug-likeness (QED) is 0.243. The van der Waals surface area contributed by atoms with Gasteiger partial charge < -0.3 is 24.8 Å². The van der Waals surface area contributed by atoms with E-state index in [1.165, 1.54) is 6.07 Å². The van der Waals surface area contributed by atoms with Crippen molar-refractivity contribution in [3.05, 3.63) is 29.8 Å². The lowest BCUT2D eigenvalue weighted by atomic mass is 10.2. The number of ether oxygens (including phenoxy) is 3. The van der Waals surface area contributed by atoms with Crippen molar-refractivity contribution in [1.29, 1.82) is 0 Å². The predicted octanol–water partition coefficient (Wildman–Crippen LogP) is 2.23. The van der Waals surface area contributed by atoms with Crippen molar-refractivity contribution in [2.75, 3.05) is 40.5 Å². The molecule has 6 nitrogen and oxygen atoms in total. The summed E-state index contributed by atoms with van der Waals surface area (Å²) in [6, 6.07) is 6.62. The molecule has 0 amide bonds. The van der Waals surface area contributed by atoms with Gasteiger partial charge in [0.2, 0.25) is 0 Å². The number of hydrogen-bond acceptors (Lipinski definition) is 4. The van der Waals surface area contributed by atoms with Gasteiger partial charge in [-0.15, -0.1) is 24.0 Å². The van der Waals surface area contributed by atoms with Gasteiger partial charge in [-0.25, -0.2) is 0 Å². The SMILES string of the molecule is CN=C(NCCOCCOC)NCc1ccccc1OC(F)F.I. The zero-order chi connectivity index (χ0) is 16.9. The highest BCUT2D eigenvalue weighted by Gasteiger charge is 2.09. The van der Waals surface area contributed by atoms with Gasteiger partial charge in [0, 0.05) is 32.8 Å². The normalized spacial score (nSPS) is 11.1. The first-order valence-electron chi connectivity index (χ1n) is 7.21. The molecule has 0 heterocycles. The maximum absolute atomic E-state index is 12.4. The number of aliphatic imine (C=N–C) groups is 1. The van der Waals surface area contributed by atoms with Crippen LogP contribution < -0.4 is 15.4 Å². The van der Waals surface area contributed by atoms with Crippen LogP contribution in [0.3, 0.4) is 0 Å². The van der Waals surface area contributed by atoms with Gasteiger partial charge in [0.05, 0.1) is 19.8 Å². The van der Waals surface area contributed by atoms with Crippen LogP contribution in [0.5, 0.6) is 5.75 Å². The molecule has 0 fully saturated rings. The molecule has 24 heavy (non-hydrogen) atoms. The first kappa shape index (κ1) is 22.8. The van der Waals surface area contributed by atoms with E-state index in [1.807, 2.05) is 0 Å².